The molecule has 0 aliphatic heterocycles. The Morgan fingerprint density at radius 1 is 1.14 bits per heavy atom. The summed E-state index contributed by atoms with van der Waals surface area (Å²) >= 11 is 0. The second-order valence-corrected chi connectivity index (χ2v) is 4.30. The van der Waals surface area contributed by atoms with Gasteiger partial charge in [0.1, 0.15) is 23.7 Å². The first-order valence-electron chi connectivity index (χ1n) is 6.02. The van der Waals surface area contributed by atoms with Gasteiger partial charge in [0.2, 0.25) is 5.91 Å². The van der Waals surface area contributed by atoms with E-state index < -0.39 is 17.7 Å². The largest absolute Gasteiger partial charge is 0.488 e. The number of amides is 1. The lowest BCUT2D eigenvalue weighted by atomic mass is 10.1. The molecule has 5 nitrogen and oxygen atoms in total. The number of carbonyl (C=O) groups excluding carboxylic acids is 1. The molecule has 1 amide bonds. The molecule has 108 valence electrons. The van der Waals surface area contributed by atoms with Gasteiger partial charge in [-0.1, -0.05) is 12.1 Å². The van der Waals surface area contributed by atoms with E-state index in [9.17, 15) is 14.0 Å². The van der Waals surface area contributed by atoms with Gasteiger partial charge in [-0.05, 0) is 29.8 Å². The van der Waals surface area contributed by atoms with Crippen LogP contribution >= 0.6 is 0 Å². The summed E-state index contributed by atoms with van der Waals surface area (Å²) in [5.74, 6) is -2.38. The van der Waals surface area contributed by atoms with Crippen LogP contribution in [-0.4, -0.2) is 17.0 Å². The van der Waals surface area contributed by atoms with Crippen molar-refractivity contribution in [3.8, 4) is 5.75 Å². The molecule has 0 aliphatic rings. The molecule has 3 N–H and O–H groups in total. The number of hydrogen-bond donors (Lipinski definition) is 2. The minimum absolute atomic E-state index is 0.0444. The van der Waals surface area contributed by atoms with Gasteiger partial charge in [0.15, 0.2) is 0 Å². The highest BCUT2D eigenvalue weighted by Crippen LogP contribution is 2.21. The number of rotatable bonds is 5. The van der Waals surface area contributed by atoms with E-state index in [1.165, 1.54) is 12.1 Å². The molecule has 0 fully saturated rings. The number of carboxylic acids is 1. The minimum Gasteiger partial charge on any atom is -0.488 e. The van der Waals surface area contributed by atoms with E-state index in [0.29, 0.717) is 11.1 Å². The lowest BCUT2D eigenvalue weighted by Gasteiger charge is -2.09. The quantitative estimate of drug-likeness (QED) is 0.883. The number of nitrogens with two attached hydrogens (primary N) is 1. The number of ether oxygens (including phenoxy) is 1. The number of benzene rings is 2. The van der Waals surface area contributed by atoms with Crippen molar-refractivity contribution in [1.82, 2.24) is 0 Å². The van der Waals surface area contributed by atoms with Crippen molar-refractivity contribution in [3.05, 3.63) is 65.0 Å². The van der Waals surface area contributed by atoms with Gasteiger partial charge in [0.25, 0.3) is 0 Å². The van der Waals surface area contributed by atoms with E-state index in [0.717, 1.165) is 18.2 Å². The van der Waals surface area contributed by atoms with Crippen LogP contribution in [0.5, 0.6) is 5.75 Å². The van der Waals surface area contributed by atoms with Crippen molar-refractivity contribution in [1.29, 1.82) is 0 Å². The second-order valence-electron chi connectivity index (χ2n) is 4.30. The lowest BCUT2D eigenvalue weighted by Crippen LogP contribution is -2.10. The standard InChI is InChI=1S/C15H12FNO4/c16-11-5-6-12(15(19)20)13(7-11)21-8-9-1-3-10(4-2-9)14(17)18/h1-7H,8H2,(H2,17,18)(H,19,20). The molecule has 21 heavy (non-hydrogen) atoms. The average molecular weight is 289 g/mol. The summed E-state index contributed by atoms with van der Waals surface area (Å²) in [6, 6.07) is 9.53. The maximum absolute atomic E-state index is 13.2. The van der Waals surface area contributed by atoms with Crippen LogP contribution in [0.3, 0.4) is 0 Å². The third kappa shape index (κ3) is 3.56. The zero-order chi connectivity index (χ0) is 15.4. The van der Waals surface area contributed by atoms with E-state index >= 15 is 0 Å². The van der Waals surface area contributed by atoms with Crippen LogP contribution in [0.15, 0.2) is 42.5 Å². The molecular weight excluding hydrogens is 277 g/mol. The van der Waals surface area contributed by atoms with Crippen LogP contribution in [0.25, 0.3) is 0 Å². The Hall–Kier alpha value is -2.89. The van der Waals surface area contributed by atoms with Gasteiger partial charge >= 0.3 is 5.97 Å². The fourth-order valence-corrected chi connectivity index (χ4v) is 1.72. The van der Waals surface area contributed by atoms with Crippen molar-refractivity contribution in [3.63, 3.8) is 0 Å². The van der Waals surface area contributed by atoms with Crippen molar-refractivity contribution in [2.45, 2.75) is 6.61 Å². The normalized spacial score (nSPS) is 10.1. The summed E-state index contributed by atoms with van der Waals surface area (Å²) < 4.78 is 18.5. The Labute approximate surface area is 119 Å². The number of halogens is 1. The summed E-state index contributed by atoms with van der Waals surface area (Å²) in [6.07, 6.45) is 0. The SMILES string of the molecule is NC(=O)c1ccc(COc2cc(F)ccc2C(=O)O)cc1. The zero-order valence-electron chi connectivity index (χ0n) is 10.9. The topological polar surface area (TPSA) is 89.6 Å². The lowest BCUT2D eigenvalue weighted by molar-refractivity contribution is 0.0691. The third-order valence-corrected chi connectivity index (χ3v) is 2.81. The number of primary amides is 1. The predicted molar refractivity (Wildman–Crippen MR) is 72.7 cm³/mol. The summed E-state index contributed by atoms with van der Waals surface area (Å²) in [6.45, 7) is 0.0444. The van der Waals surface area contributed by atoms with E-state index in [-0.39, 0.29) is 17.9 Å². The molecule has 0 unspecified atom stereocenters. The Morgan fingerprint density at radius 2 is 1.81 bits per heavy atom. The highest BCUT2D eigenvalue weighted by atomic mass is 19.1. The van der Waals surface area contributed by atoms with E-state index in [2.05, 4.69) is 0 Å². The first kappa shape index (κ1) is 14.5. The van der Waals surface area contributed by atoms with Gasteiger partial charge in [-0.3, -0.25) is 4.79 Å². The summed E-state index contributed by atoms with van der Waals surface area (Å²) in [4.78, 5) is 21.9. The third-order valence-electron chi connectivity index (χ3n) is 2.81. The summed E-state index contributed by atoms with van der Waals surface area (Å²) in [5, 5.41) is 9.00. The fourth-order valence-electron chi connectivity index (χ4n) is 1.72. The number of aromatic carboxylic acids is 1. The van der Waals surface area contributed by atoms with E-state index in [1.807, 2.05) is 0 Å². The van der Waals surface area contributed by atoms with Gasteiger partial charge < -0.3 is 15.6 Å². The highest BCUT2D eigenvalue weighted by molar-refractivity contribution is 5.92. The van der Waals surface area contributed by atoms with Gasteiger partial charge in [0.05, 0.1) is 0 Å². The molecule has 0 bridgehead atoms. The van der Waals surface area contributed by atoms with E-state index in [4.69, 9.17) is 15.6 Å². The second kappa shape index (κ2) is 6.04. The molecule has 2 aromatic rings. The molecular formula is C15H12FNO4. The van der Waals surface area contributed by atoms with Crippen LogP contribution in [0.2, 0.25) is 0 Å². The average Bonchev–Trinajstić information content (AvgIpc) is 2.45. The molecule has 6 heteroatoms. The maximum atomic E-state index is 13.2. The molecule has 0 aromatic heterocycles. The van der Waals surface area contributed by atoms with Crippen LogP contribution < -0.4 is 10.5 Å². The predicted octanol–water partition coefficient (Wildman–Crippen LogP) is 2.20. The van der Waals surface area contributed by atoms with Crippen molar-refractivity contribution in [2.75, 3.05) is 0 Å². The summed E-state index contributed by atoms with van der Waals surface area (Å²) in [7, 11) is 0. The molecule has 2 rings (SSSR count). The Kier molecular flexibility index (Phi) is 4.18. The summed E-state index contributed by atoms with van der Waals surface area (Å²) in [5.41, 5.74) is 6.05. The Bertz CT molecular complexity index is 683. The van der Waals surface area contributed by atoms with Crippen molar-refractivity contribution in [2.24, 2.45) is 5.73 Å². The molecule has 0 saturated carbocycles. The molecule has 0 spiro atoms. The van der Waals surface area contributed by atoms with Gasteiger partial charge in [-0.2, -0.15) is 0 Å². The van der Waals surface area contributed by atoms with Crippen LogP contribution in [0.1, 0.15) is 26.3 Å². The monoisotopic (exact) mass is 289 g/mol. The fraction of sp³-hybridized carbons (Fsp3) is 0.0667. The first-order valence-corrected chi connectivity index (χ1v) is 6.02. The van der Waals surface area contributed by atoms with Crippen LogP contribution in [-0.2, 0) is 6.61 Å². The van der Waals surface area contributed by atoms with Gasteiger partial charge in [-0.25, -0.2) is 9.18 Å². The number of hydrogen-bond acceptors (Lipinski definition) is 3. The molecule has 0 saturated heterocycles. The van der Waals surface area contributed by atoms with Gasteiger partial charge in [0, 0.05) is 11.6 Å². The molecule has 0 aliphatic carbocycles. The molecule has 0 atom stereocenters. The van der Waals surface area contributed by atoms with Crippen molar-refractivity contribution >= 4 is 11.9 Å². The highest BCUT2D eigenvalue weighted by Gasteiger charge is 2.12. The van der Waals surface area contributed by atoms with Crippen LogP contribution in [0.4, 0.5) is 4.39 Å². The van der Waals surface area contributed by atoms with Crippen molar-refractivity contribution < 1.29 is 23.8 Å². The Morgan fingerprint density at radius 3 is 2.38 bits per heavy atom. The number of carbonyl (C=O) groups is 2. The smallest absolute Gasteiger partial charge is 0.339 e. The van der Waals surface area contributed by atoms with E-state index in [1.54, 1.807) is 12.1 Å². The van der Waals surface area contributed by atoms with Gasteiger partial charge in [-0.15, -0.1) is 0 Å². The minimum atomic E-state index is -1.20. The first-order chi connectivity index (χ1) is 9.97. The zero-order valence-corrected chi connectivity index (χ0v) is 10.9. The molecule has 0 heterocycles. The molecule has 2 aromatic carbocycles. The maximum Gasteiger partial charge on any atom is 0.339 e. The van der Waals surface area contributed by atoms with Crippen LogP contribution in [0, 0.1) is 5.82 Å². The number of carboxylic acid groups (broad SMARTS) is 1. The Balaban J connectivity index is 2.14. The molecule has 0 radical (unpaired) electrons.